The SMILES string of the molecule is CCc1noc2ncc(C(C)C)cc12. The van der Waals surface area contributed by atoms with E-state index in [4.69, 9.17) is 4.52 Å². The standard InChI is InChI=1S/C11H14N2O/c1-4-10-9-5-8(7(2)3)6-12-11(9)14-13-10/h5-7H,4H2,1-3H3. The Morgan fingerprint density at radius 1 is 1.43 bits per heavy atom. The van der Waals surface area contributed by atoms with E-state index in [0.29, 0.717) is 11.6 Å². The Balaban J connectivity index is 2.61. The first-order valence-corrected chi connectivity index (χ1v) is 4.96. The first-order valence-electron chi connectivity index (χ1n) is 4.96. The lowest BCUT2D eigenvalue weighted by Gasteiger charge is -2.02. The Morgan fingerprint density at radius 3 is 2.86 bits per heavy atom. The van der Waals surface area contributed by atoms with Gasteiger partial charge in [0.1, 0.15) is 0 Å². The molecule has 2 rings (SSSR count). The van der Waals surface area contributed by atoms with Gasteiger partial charge in [-0.3, -0.25) is 0 Å². The molecular formula is C11H14N2O. The van der Waals surface area contributed by atoms with Crippen molar-refractivity contribution in [3.8, 4) is 0 Å². The van der Waals surface area contributed by atoms with Crippen LogP contribution in [-0.4, -0.2) is 10.1 Å². The van der Waals surface area contributed by atoms with Crippen LogP contribution in [0.1, 0.15) is 37.9 Å². The third kappa shape index (κ3) is 1.39. The van der Waals surface area contributed by atoms with Crippen LogP contribution in [0.5, 0.6) is 0 Å². The average molecular weight is 190 g/mol. The summed E-state index contributed by atoms with van der Waals surface area (Å²) in [5.41, 5.74) is 2.87. The topological polar surface area (TPSA) is 38.9 Å². The zero-order chi connectivity index (χ0) is 10.1. The molecule has 2 aromatic heterocycles. The van der Waals surface area contributed by atoms with E-state index >= 15 is 0 Å². The second-order valence-electron chi connectivity index (χ2n) is 3.76. The van der Waals surface area contributed by atoms with Crippen molar-refractivity contribution in [1.29, 1.82) is 0 Å². The van der Waals surface area contributed by atoms with Gasteiger partial charge in [-0.25, -0.2) is 4.98 Å². The van der Waals surface area contributed by atoms with Crippen molar-refractivity contribution in [3.05, 3.63) is 23.5 Å². The normalized spacial score (nSPS) is 11.4. The highest BCUT2D eigenvalue weighted by molar-refractivity contribution is 5.76. The van der Waals surface area contributed by atoms with E-state index in [0.717, 1.165) is 17.5 Å². The Kier molecular flexibility index (Phi) is 2.23. The molecule has 0 bridgehead atoms. The van der Waals surface area contributed by atoms with Crippen LogP contribution < -0.4 is 0 Å². The van der Waals surface area contributed by atoms with Gasteiger partial charge in [-0.1, -0.05) is 25.9 Å². The van der Waals surface area contributed by atoms with E-state index in [9.17, 15) is 0 Å². The average Bonchev–Trinajstić information content (AvgIpc) is 2.59. The zero-order valence-corrected chi connectivity index (χ0v) is 8.74. The lowest BCUT2D eigenvalue weighted by atomic mass is 10.0. The van der Waals surface area contributed by atoms with E-state index in [1.165, 1.54) is 5.56 Å². The highest BCUT2D eigenvalue weighted by Crippen LogP contribution is 2.21. The van der Waals surface area contributed by atoms with E-state index in [1.807, 2.05) is 6.20 Å². The molecule has 0 saturated heterocycles. The molecule has 0 unspecified atom stereocenters. The lowest BCUT2D eigenvalue weighted by Crippen LogP contribution is -1.89. The van der Waals surface area contributed by atoms with Crippen LogP contribution in [0.2, 0.25) is 0 Å². The van der Waals surface area contributed by atoms with Crippen molar-refractivity contribution in [2.45, 2.75) is 33.1 Å². The number of rotatable bonds is 2. The lowest BCUT2D eigenvalue weighted by molar-refractivity contribution is 0.440. The summed E-state index contributed by atoms with van der Waals surface area (Å²) >= 11 is 0. The summed E-state index contributed by atoms with van der Waals surface area (Å²) < 4.78 is 5.11. The highest BCUT2D eigenvalue weighted by atomic mass is 16.5. The molecule has 0 radical (unpaired) electrons. The predicted octanol–water partition coefficient (Wildman–Crippen LogP) is 2.91. The molecule has 0 aromatic carbocycles. The molecule has 0 aliphatic heterocycles. The molecule has 0 spiro atoms. The predicted molar refractivity (Wildman–Crippen MR) is 55.3 cm³/mol. The van der Waals surface area contributed by atoms with Crippen LogP contribution in [-0.2, 0) is 6.42 Å². The monoisotopic (exact) mass is 190 g/mol. The summed E-state index contributed by atoms with van der Waals surface area (Å²) in [5.74, 6) is 0.492. The molecule has 0 aliphatic rings. The Hall–Kier alpha value is -1.38. The summed E-state index contributed by atoms with van der Waals surface area (Å²) in [5, 5.41) is 5.03. The van der Waals surface area contributed by atoms with Crippen molar-refractivity contribution in [2.24, 2.45) is 0 Å². The molecule has 3 nitrogen and oxygen atoms in total. The van der Waals surface area contributed by atoms with E-state index in [2.05, 4.69) is 37.0 Å². The molecule has 74 valence electrons. The smallest absolute Gasteiger partial charge is 0.257 e. The van der Waals surface area contributed by atoms with Gasteiger partial charge < -0.3 is 4.52 Å². The van der Waals surface area contributed by atoms with Gasteiger partial charge >= 0.3 is 0 Å². The first-order chi connectivity index (χ1) is 6.72. The minimum Gasteiger partial charge on any atom is -0.336 e. The molecule has 0 aliphatic carbocycles. The molecule has 0 N–H and O–H groups in total. The van der Waals surface area contributed by atoms with Gasteiger partial charge in [0.2, 0.25) is 0 Å². The minimum absolute atomic E-state index is 0.492. The van der Waals surface area contributed by atoms with E-state index in [-0.39, 0.29) is 0 Å². The number of aryl methyl sites for hydroxylation is 1. The van der Waals surface area contributed by atoms with Crippen molar-refractivity contribution >= 4 is 11.1 Å². The fraction of sp³-hybridized carbons (Fsp3) is 0.455. The third-order valence-electron chi connectivity index (χ3n) is 2.43. The number of aromatic nitrogens is 2. The fourth-order valence-electron chi connectivity index (χ4n) is 1.47. The van der Waals surface area contributed by atoms with Gasteiger partial charge in [0.15, 0.2) is 0 Å². The van der Waals surface area contributed by atoms with Crippen LogP contribution in [0.4, 0.5) is 0 Å². The number of nitrogens with zero attached hydrogens (tertiary/aromatic N) is 2. The minimum atomic E-state index is 0.492. The second-order valence-corrected chi connectivity index (χ2v) is 3.76. The molecule has 14 heavy (non-hydrogen) atoms. The van der Waals surface area contributed by atoms with Crippen molar-refractivity contribution in [1.82, 2.24) is 10.1 Å². The van der Waals surface area contributed by atoms with Gasteiger partial charge in [-0.05, 0) is 24.0 Å². The van der Waals surface area contributed by atoms with Crippen molar-refractivity contribution < 1.29 is 4.52 Å². The molecule has 0 fully saturated rings. The quantitative estimate of drug-likeness (QED) is 0.730. The van der Waals surface area contributed by atoms with Crippen LogP contribution in [0, 0.1) is 0 Å². The number of hydrogen-bond acceptors (Lipinski definition) is 3. The van der Waals surface area contributed by atoms with Crippen LogP contribution in [0.3, 0.4) is 0 Å². The van der Waals surface area contributed by atoms with Gasteiger partial charge in [0.25, 0.3) is 5.71 Å². The molecule has 0 atom stereocenters. The second kappa shape index (κ2) is 3.40. The maximum absolute atomic E-state index is 5.11. The summed E-state index contributed by atoms with van der Waals surface area (Å²) in [7, 11) is 0. The maximum atomic E-state index is 5.11. The van der Waals surface area contributed by atoms with Crippen molar-refractivity contribution in [3.63, 3.8) is 0 Å². The number of fused-ring (bicyclic) bond motifs is 1. The van der Waals surface area contributed by atoms with Gasteiger partial charge in [0.05, 0.1) is 11.1 Å². The van der Waals surface area contributed by atoms with Crippen LogP contribution in [0.25, 0.3) is 11.1 Å². The fourth-order valence-corrected chi connectivity index (χ4v) is 1.47. The third-order valence-corrected chi connectivity index (χ3v) is 2.43. The van der Waals surface area contributed by atoms with Gasteiger partial charge in [-0.2, -0.15) is 0 Å². The number of hydrogen-bond donors (Lipinski definition) is 0. The molecule has 2 aromatic rings. The Labute approximate surface area is 83.1 Å². The molecular weight excluding hydrogens is 176 g/mol. The zero-order valence-electron chi connectivity index (χ0n) is 8.74. The van der Waals surface area contributed by atoms with E-state index < -0.39 is 0 Å². The molecule has 0 saturated carbocycles. The maximum Gasteiger partial charge on any atom is 0.257 e. The van der Waals surface area contributed by atoms with E-state index in [1.54, 1.807) is 0 Å². The largest absolute Gasteiger partial charge is 0.336 e. The van der Waals surface area contributed by atoms with Gasteiger partial charge in [0, 0.05) is 6.20 Å². The molecule has 0 amide bonds. The van der Waals surface area contributed by atoms with Crippen LogP contribution >= 0.6 is 0 Å². The van der Waals surface area contributed by atoms with Crippen LogP contribution in [0.15, 0.2) is 16.8 Å². The molecule has 3 heteroatoms. The first kappa shape index (κ1) is 9.19. The molecule has 2 heterocycles. The summed E-state index contributed by atoms with van der Waals surface area (Å²) in [4.78, 5) is 4.24. The Bertz CT molecular complexity index is 445. The van der Waals surface area contributed by atoms with Gasteiger partial charge in [-0.15, -0.1) is 0 Å². The Morgan fingerprint density at radius 2 is 2.21 bits per heavy atom. The summed E-state index contributed by atoms with van der Waals surface area (Å²) in [6.45, 7) is 6.38. The highest BCUT2D eigenvalue weighted by Gasteiger charge is 2.09. The number of pyridine rings is 1. The summed E-state index contributed by atoms with van der Waals surface area (Å²) in [6, 6.07) is 2.13. The van der Waals surface area contributed by atoms with Crippen molar-refractivity contribution in [2.75, 3.05) is 0 Å². The summed E-state index contributed by atoms with van der Waals surface area (Å²) in [6.07, 6.45) is 2.74.